The van der Waals surface area contributed by atoms with Gasteiger partial charge in [-0.25, -0.2) is 4.39 Å². The Morgan fingerprint density at radius 2 is 1.69 bits per heavy atom. The number of piperidine rings is 1. The molecule has 0 bridgehead atoms. The van der Waals surface area contributed by atoms with Gasteiger partial charge < -0.3 is 19.5 Å². The predicted molar refractivity (Wildman–Crippen MR) is 137 cm³/mol. The van der Waals surface area contributed by atoms with Gasteiger partial charge in [-0.1, -0.05) is 36.4 Å². The second-order valence-corrected chi connectivity index (χ2v) is 9.27. The minimum Gasteiger partial charge on any atom is -0.496 e. The Balaban J connectivity index is 1.67. The molecule has 1 heterocycles. The van der Waals surface area contributed by atoms with Gasteiger partial charge in [0.25, 0.3) is 0 Å². The molecular weight excluding hydrogens is 445 g/mol. The molecule has 3 aromatic rings. The van der Waals surface area contributed by atoms with Gasteiger partial charge in [-0.15, -0.1) is 0 Å². The molecule has 186 valence electrons. The summed E-state index contributed by atoms with van der Waals surface area (Å²) in [5, 5.41) is 11.2. The molecule has 0 amide bonds. The summed E-state index contributed by atoms with van der Waals surface area (Å²) in [5.41, 5.74) is 4.09. The Hall–Kier alpha value is -3.12. The van der Waals surface area contributed by atoms with Gasteiger partial charge in [0, 0.05) is 13.0 Å². The maximum absolute atomic E-state index is 12.7. The number of fused-ring (bicyclic) bond motifs is 1. The number of carbonyl (C=O) groups is 1. The molecule has 6 heteroatoms. The van der Waals surface area contributed by atoms with Crippen molar-refractivity contribution < 1.29 is 23.8 Å². The minimum atomic E-state index is -0.801. The molecule has 0 unspecified atom stereocenters. The molecule has 1 saturated heterocycles. The van der Waals surface area contributed by atoms with E-state index in [4.69, 9.17) is 14.6 Å². The SMILES string of the molecule is COc1cc(CC2CCN(CCF)CC2)cc(OC)c1-c1cccc2c(CCC(=O)O)cccc12. The highest BCUT2D eigenvalue weighted by molar-refractivity contribution is 6.01. The van der Waals surface area contributed by atoms with E-state index in [1.165, 1.54) is 5.56 Å². The number of alkyl halides is 1. The lowest BCUT2D eigenvalue weighted by atomic mass is 9.88. The molecule has 3 aromatic carbocycles. The molecule has 1 aliphatic heterocycles. The van der Waals surface area contributed by atoms with E-state index < -0.39 is 5.97 Å². The normalized spacial score (nSPS) is 14.8. The molecule has 1 N–H and O–H groups in total. The number of likely N-dealkylation sites (tertiary alicyclic amines) is 1. The zero-order chi connectivity index (χ0) is 24.8. The molecule has 0 aromatic heterocycles. The second kappa shape index (κ2) is 11.5. The molecule has 1 aliphatic rings. The summed E-state index contributed by atoms with van der Waals surface area (Å²) in [4.78, 5) is 13.3. The van der Waals surface area contributed by atoms with Crippen LogP contribution in [0.1, 0.15) is 30.4 Å². The van der Waals surface area contributed by atoms with Gasteiger partial charge in [0.2, 0.25) is 0 Å². The first-order valence-electron chi connectivity index (χ1n) is 12.3. The number of benzene rings is 3. The predicted octanol–water partition coefficient (Wildman–Crippen LogP) is 5.77. The Morgan fingerprint density at radius 3 is 2.31 bits per heavy atom. The number of methoxy groups -OCH3 is 2. The largest absolute Gasteiger partial charge is 0.496 e. The molecule has 1 fully saturated rings. The van der Waals surface area contributed by atoms with Gasteiger partial charge in [0.1, 0.15) is 18.2 Å². The Morgan fingerprint density at radius 1 is 1.03 bits per heavy atom. The van der Waals surface area contributed by atoms with E-state index >= 15 is 0 Å². The molecule has 0 atom stereocenters. The van der Waals surface area contributed by atoms with Gasteiger partial charge >= 0.3 is 5.97 Å². The highest BCUT2D eigenvalue weighted by atomic mass is 19.1. The van der Waals surface area contributed by atoms with Crippen molar-refractivity contribution in [2.75, 3.05) is 40.5 Å². The lowest BCUT2D eigenvalue weighted by Crippen LogP contribution is -2.35. The number of hydrogen-bond acceptors (Lipinski definition) is 4. The van der Waals surface area contributed by atoms with E-state index in [1.807, 2.05) is 24.3 Å². The fourth-order valence-corrected chi connectivity index (χ4v) is 5.27. The van der Waals surface area contributed by atoms with Crippen molar-refractivity contribution in [3.63, 3.8) is 0 Å². The monoisotopic (exact) mass is 479 g/mol. The van der Waals surface area contributed by atoms with Crippen LogP contribution >= 0.6 is 0 Å². The van der Waals surface area contributed by atoms with E-state index in [9.17, 15) is 9.18 Å². The number of nitrogens with zero attached hydrogens (tertiary/aromatic N) is 1. The van der Waals surface area contributed by atoms with Crippen LogP contribution < -0.4 is 9.47 Å². The van der Waals surface area contributed by atoms with Crippen molar-refractivity contribution >= 4 is 16.7 Å². The van der Waals surface area contributed by atoms with Crippen LogP contribution in [0.2, 0.25) is 0 Å². The van der Waals surface area contributed by atoms with E-state index in [0.29, 0.717) is 18.9 Å². The van der Waals surface area contributed by atoms with Gasteiger partial charge in [-0.2, -0.15) is 0 Å². The first-order valence-corrected chi connectivity index (χ1v) is 12.3. The van der Waals surface area contributed by atoms with Crippen LogP contribution in [-0.2, 0) is 17.6 Å². The maximum atomic E-state index is 12.7. The van der Waals surface area contributed by atoms with Crippen molar-refractivity contribution in [3.8, 4) is 22.6 Å². The summed E-state index contributed by atoms with van der Waals surface area (Å²) in [6, 6.07) is 16.4. The van der Waals surface area contributed by atoms with Gasteiger partial charge in [0.05, 0.1) is 19.8 Å². The summed E-state index contributed by atoms with van der Waals surface area (Å²) in [6.07, 6.45) is 3.64. The molecule has 0 radical (unpaired) electrons. The van der Waals surface area contributed by atoms with Crippen molar-refractivity contribution in [2.24, 2.45) is 5.92 Å². The highest BCUT2D eigenvalue weighted by Crippen LogP contribution is 2.43. The third-order valence-electron chi connectivity index (χ3n) is 7.09. The average Bonchev–Trinajstić information content (AvgIpc) is 2.87. The first kappa shape index (κ1) is 25.0. The zero-order valence-corrected chi connectivity index (χ0v) is 20.6. The molecule has 35 heavy (non-hydrogen) atoms. The van der Waals surface area contributed by atoms with Crippen LogP contribution in [0.4, 0.5) is 4.39 Å². The van der Waals surface area contributed by atoms with Crippen LogP contribution in [0.5, 0.6) is 11.5 Å². The number of hydrogen-bond donors (Lipinski definition) is 1. The molecular formula is C29H34FNO4. The number of ether oxygens (including phenoxy) is 2. The number of aryl methyl sites for hydroxylation is 1. The molecule has 0 spiro atoms. The number of halogens is 1. The van der Waals surface area contributed by atoms with Crippen molar-refractivity contribution in [1.82, 2.24) is 4.90 Å². The van der Waals surface area contributed by atoms with Crippen LogP contribution in [0, 0.1) is 5.92 Å². The van der Waals surface area contributed by atoms with Crippen LogP contribution in [0.3, 0.4) is 0 Å². The van der Waals surface area contributed by atoms with Gasteiger partial charge in [-0.3, -0.25) is 4.79 Å². The van der Waals surface area contributed by atoms with Crippen LogP contribution in [0.15, 0.2) is 48.5 Å². The van der Waals surface area contributed by atoms with Crippen molar-refractivity contribution in [1.29, 1.82) is 0 Å². The van der Waals surface area contributed by atoms with Gasteiger partial charge in [-0.05, 0) is 84.3 Å². The highest BCUT2D eigenvalue weighted by Gasteiger charge is 2.22. The van der Waals surface area contributed by atoms with E-state index in [1.54, 1.807) is 14.2 Å². The van der Waals surface area contributed by atoms with Crippen LogP contribution in [-0.4, -0.2) is 56.5 Å². The summed E-state index contributed by atoms with van der Waals surface area (Å²) in [6.45, 7) is 2.14. The molecule has 0 saturated carbocycles. The summed E-state index contributed by atoms with van der Waals surface area (Å²) in [7, 11) is 3.36. The fraction of sp³-hybridized carbons (Fsp3) is 0.414. The first-order chi connectivity index (χ1) is 17.0. The zero-order valence-electron chi connectivity index (χ0n) is 20.6. The van der Waals surface area contributed by atoms with E-state index in [0.717, 1.165) is 71.3 Å². The number of carboxylic acids is 1. The Labute approximate surface area is 206 Å². The summed E-state index contributed by atoms with van der Waals surface area (Å²) >= 11 is 0. The maximum Gasteiger partial charge on any atom is 0.303 e. The minimum absolute atomic E-state index is 0.0946. The third kappa shape index (κ3) is 5.76. The quantitative estimate of drug-likeness (QED) is 0.400. The topological polar surface area (TPSA) is 59.0 Å². The summed E-state index contributed by atoms with van der Waals surface area (Å²) in [5.74, 6) is 1.28. The number of rotatable bonds is 10. The number of aliphatic carboxylic acids is 1. The van der Waals surface area contributed by atoms with Crippen molar-refractivity contribution in [2.45, 2.75) is 32.1 Å². The summed E-state index contributed by atoms with van der Waals surface area (Å²) < 4.78 is 24.4. The lowest BCUT2D eigenvalue weighted by Gasteiger charge is -2.31. The van der Waals surface area contributed by atoms with E-state index in [-0.39, 0.29) is 13.1 Å². The Kier molecular flexibility index (Phi) is 8.24. The van der Waals surface area contributed by atoms with E-state index in [2.05, 4.69) is 29.2 Å². The van der Waals surface area contributed by atoms with Crippen molar-refractivity contribution in [3.05, 3.63) is 59.7 Å². The fourth-order valence-electron chi connectivity index (χ4n) is 5.27. The Bertz CT molecular complexity index is 1150. The van der Waals surface area contributed by atoms with Crippen LogP contribution in [0.25, 0.3) is 21.9 Å². The average molecular weight is 480 g/mol. The standard InChI is InChI=1S/C29H34FNO4/c1-34-26-18-21(17-20-11-14-31(15-12-20)16-13-30)19-27(35-2)29(26)25-8-4-6-23-22(9-10-28(32)33)5-3-7-24(23)25/h3-8,18-20H,9-17H2,1-2H3,(H,32,33). The van der Waals surface area contributed by atoms with Gasteiger partial charge in [0.15, 0.2) is 0 Å². The smallest absolute Gasteiger partial charge is 0.303 e. The molecule has 0 aliphatic carbocycles. The lowest BCUT2D eigenvalue weighted by molar-refractivity contribution is -0.136. The number of carboxylic acid groups (broad SMARTS) is 1. The third-order valence-corrected chi connectivity index (χ3v) is 7.09. The second-order valence-electron chi connectivity index (χ2n) is 9.27. The molecule has 5 nitrogen and oxygen atoms in total. The molecule has 4 rings (SSSR count).